The van der Waals surface area contributed by atoms with Crippen LogP contribution in [0.5, 0.6) is 0 Å². The highest BCUT2D eigenvalue weighted by atomic mass is 16.4. The van der Waals surface area contributed by atoms with E-state index in [1.54, 1.807) is 0 Å². The SMILES string of the molecule is Cc1c[nH]c2ccc(C3CC(C(=O)O)CN3)cc12. The summed E-state index contributed by atoms with van der Waals surface area (Å²) < 4.78 is 0. The number of carbonyl (C=O) groups is 1. The lowest BCUT2D eigenvalue weighted by Gasteiger charge is -2.10. The van der Waals surface area contributed by atoms with Gasteiger partial charge in [0.15, 0.2) is 0 Å². The minimum Gasteiger partial charge on any atom is -0.481 e. The molecule has 1 aliphatic heterocycles. The Morgan fingerprint density at radius 3 is 3.00 bits per heavy atom. The maximum absolute atomic E-state index is 11.0. The lowest BCUT2D eigenvalue weighted by atomic mass is 9.98. The first-order valence-electron chi connectivity index (χ1n) is 6.19. The average molecular weight is 244 g/mol. The molecule has 18 heavy (non-hydrogen) atoms. The summed E-state index contributed by atoms with van der Waals surface area (Å²) in [5.41, 5.74) is 3.53. The predicted molar refractivity (Wildman–Crippen MR) is 69.5 cm³/mol. The summed E-state index contributed by atoms with van der Waals surface area (Å²) in [7, 11) is 0. The maximum atomic E-state index is 11.0. The van der Waals surface area contributed by atoms with E-state index in [1.807, 2.05) is 6.20 Å². The fourth-order valence-corrected chi connectivity index (χ4v) is 2.67. The van der Waals surface area contributed by atoms with Gasteiger partial charge in [0.25, 0.3) is 0 Å². The summed E-state index contributed by atoms with van der Waals surface area (Å²) >= 11 is 0. The Morgan fingerprint density at radius 1 is 1.44 bits per heavy atom. The first-order chi connectivity index (χ1) is 8.65. The zero-order valence-corrected chi connectivity index (χ0v) is 10.2. The van der Waals surface area contributed by atoms with Crippen molar-refractivity contribution in [3.63, 3.8) is 0 Å². The zero-order chi connectivity index (χ0) is 12.7. The molecular formula is C14H16N2O2. The van der Waals surface area contributed by atoms with Crippen LogP contribution in [-0.2, 0) is 4.79 Å². The number of hydrogen-bond acceptors (Lipinski definition) is 2. The van der Waals surface area contributed by atoms with E-state index in [0.717, 1.165) is 5.52 Å². The van der Waals surface area contributed by atoms with Crippen LogP contribution in [-0.4, -0.2) is 22.6 Å². The van der Waals surface area contributed by atoms with Crippen molar-refractivity contribution < 1.29 is 9.90 Å². The van der Waals surface area contributed by atoms with Gasteiger partial charge < -0.3 is 15.4 Å². The van der Waals surface area contributed by atoms with Crippen LogP contribution in [0, 0.1) is 12.8 Å². The molecule has 3 N–H and O–H groups in total. The van der Waals surface area contributed by atoms with Gasteiger partial charge in [-0.1, -0.05) is 6.07 Å². The summed E-state index contributed by atoms with van der Waals surface area (Å²) in [4.78, 5) is 14.2. The number of hydrogen-bond donors (Lipinski definition) is 3. The number of aryl methyl sites for hydroxylation is 1. The van der Waals surface area contributed by atoms with Crippen molar-refractivity contribution in [2.24, 2.45) is 5.92 Å². The number of nitrogens with one attached hydrogen (secondary N) is 2. The van der Waals surface area contributed by atoms with E-state index in [0.29, 0.717) is 13.0 Å². The molecule has 0 bridgehead atoms. The van der Waals surface area contributed by atoms with Gasteiger partial charge in [0.05, 0.1) is 5.92 Å². The predicted octanol–water partition coefficient (Wildman–Crippen LogP) is 2.21. The molecule has 3 rings (SSSR count). The van der Waals surface area contributed by atoms with Crippen LogP contribution in [0.4, 0.5) is 0 Å². The van der Waals surface area contributed by atoms with Crippen LogP contribution in [0.1, 0.15) is 23.6 Å². The molecule has 1 aliphatic rings. The average Bonchev–Trinajstić information content (AvgIpc) is 2.96. The molecule has 2 atom stereocenters. The topological polar surface area (TPSA) is 65.1 Å². The molecular weight excluding hydrogens is 228 g/mol. The van der Waals surface area contributed by atoms with Crippen molar-refractivity contribution in [2.75, 3.05) is 6.54 Å². The van der Waals surface area contributed by atoms with Crippen LogP contribution in [0.2, 0.25) is 0 Å². The van der Waals surface area contributed by atoms with Crippen molar-refractivity contribution in [3.05, 3.63) is 35.5 Å². The van der Waals surface area contributed by atoms with Gasteiger partial charge in [-0.25, -0.2) is 0 Å². The molecule has 1 saturated heterocycles. The molecule has 0 saturated carbocycles. The minimum atomic E-state index is -0.705. The molecule has 94 valence electrons. The maximum Gasteiger partial charge on any atom is 0.307 e. The molecule has 0 aliphatic carbocycles. The fourth-order valence-electron chi connectivity index (χ4n) is 2.67. The van der Waals surface area contributed by atoms with Crippen molar-refractivity contribution in [2.45, 2.75) is 19.4 Å². The molecule has 2 unspecified atom stereocenters. The molecule has 2 heterocycles. The van der Waals surface area contributed by atoms with Crippen LogP contribution in [0.25, 0.3) is 10.9 Å². The first kappa shape index (κ1) is 11.3. The number of H-pyrrole nitrogens is 1. The van der Waals surface area contributed by atoms with Crippen LogP contribution in [0.15, 0.2) is 24.4 Å². The lowest BCUT2D eigenvalue weighted by Crippen LogP contribution is -2.17. The largest absolute Gasteiger partial charge is 0.481 e. The number of aromatic amines is 1. The molecule has 4 heteroatoms. The van der Waals surface area contributed by atoms with Gasteiger partial charge in [-0.15, -0.1) is 0 Å². The van der Waals surface area contributed by atoms with Crippen LogP contribution >= 0.6 is 0 Å². The van der Waals surface area contributed by atoms with Gasteiger partial charge in [-0.2, -0.15) is 0 Å². The van der Waals surface area contributed by atoms with E-state index >= 15 is 0 Å². The van der Waals surface area contributed by atoms with Gasteiger partial charge >= 0.3 is 5.97 Å². The number of aliphatic carboxylic acids is 1. The van der Waals surface area contributed by atoms with Crippen molar-refractivity contribution >= 4 is 16.9 Å². The Hall–Kier alpha value is -1.81. The number of benzene rings is 1. The van der Waals surface area contributed by atoms with Gasteiger partial charge in [-0.05, 0) is 36.6 Å². The third-order valence-corrected chi connectivity index (χ3v) is 3.80. The molecule has 0 amide bonds. The van der Waals surface area contributed by atoms with E-state index in [-0.39, 0.29) is 12.0 Å². The second-order valence-electron chi connectivity index (χ2n) is 5.01. The van der Waals surface area contributed by atoms with Gasteiger partial charge in [0, 0.05) is 29.7 Å². The Labute approximate surface area is 105 Å². The summed E-state index contributed by atoms with van der Waals surface area (Å²) in [6.07, 6.45) is 2.67. The van der Waals surface area contributed by atoms with E-state index in [9.17, 15) is 4.79 Å². The molecule has 4 nitrogen and oxygen atoms in total. The van der Waals surface area contributed by atoms with E-state index in [4.69, 9.17) is 5.11 Å². The zero-order valence-electron chi connectivity index (χ0n) is 10.2. The molecule has 0 spiro atoms. The summed E-state index contributed by atoms with van der Waals surface area (Å²) in [6.45, 7) is 2.63. The summed E-state index contributed by atoms with van der Waals surface area (Å²) in [5.74, 6) is -0.970. The number of fused-ring (bicyclic) bond motifs is 1. The quantitative estimate of drug-likeness (QED) is 0.759. The van der Waals surface area contributed by atoms with E-state index in [1.165, 1.54) is 16.5 Å². The van der Waals surface area contributed by atoms with Crippen LogP contribution in [0.3, 0.4) is 0 Å². The van der Waals surface area contributed by atoms with E-state index < -0.39 is 5.97 Å². The fraction of sp³-hybridized carbons (Fsp3) is 0.357. The van der Waals surface area contributed by atoms with Crippen molar-refractivity contribution in [1.29, 1.82) is 0 Å². The number of carboxylic acid groups (broad SMARTS) is 1. The third-order valence-electron chi connectivity index (χ3n) is 3.80. The molecule has 1 aromatic carbocycles. The Kier molecular flexibility index (Phi) is 2.59. The van der Waals surface area contributed by atoms with Gasteiger partial charge in [0.2, 0.25) is 0 Å². The number of aromatic nitrogens is 1. The molecule has 1 fully saturated rings. The highest BCUT2D eigenvalue weighted by molar-refractivity contribution is 5.83. The molecule has 1 aromatic heterocycles. The van der Waals surface area contributed by atoms with Gasteiger partial charge in [0.1, 0.15) is 0 Å². The third kappa shape index (κ3) is 1.78. The monoisotopic (exact) mass is 244 g/mol. The molecule has 0 radical (unpaired) electrons. The highest BCUT2D eigenvalue weighted by Gasteiger charge is 2.30. The second-order valence-corrected chi connectivity index (χ2v) is 5.01. The lowest BCUT2D eigenvalue weighted by molar-refractivity contribution is -0.141. The highest BCUT2D eigenvalue weighted by Crippen LogP contribution is 2.30. The van der Waals surface area contributed by atoms with Crippen molar-refractivity contribution in [1.82, 2.24) is 10.3 Å². The minimum absolute atomic E-state index is 0.157. The summed E-state index contributed by atoms with van der Waals surface area (Å²) in [5, 5.41) is 13.5. The van der Waals surface area contributed by atoms with Crippen LogP contribution < -0.4 is 5.32 Å². The first-order valence-corrected chi connectivity index (χ1v) is 6.19. The Balaban J connectivity index is 1.91. The normalized spacial score (nSPS) is 23.6. The standard InChI is InChI=1S/C14H16N2O2/c1-8-6-15-12-3-2-9(4-11(8)12)13-5-10(7-16-13)14(17)18/h2-4,6,10,13,15-16H,5,7H2,1H3,(H,17,18). The number of rotatable bonds is 2. The Morgan fingerprint density at radius 2 is 2.28 bits per heavy atom. The Bertz CT molecular complexity index is 603. The number of carboxylic acids is 1. The molecule has 2 aromatic rings. The van der Waals surface area contributed by atoms with E-state index in [2.05, 4.69) is 35.4 Å². The second kappa shape index (κ2) is 4.14. The summed E-state index contributed by atoms with van der Waals surface area (Å²) in [6, 6.07) is 6.45. The van der Waals surface area contributed by atoms with Gasteiger partial charge in [-0.3, -0.25) is 4.79 Å². The van der Waals surface area contributed by atoms with Crippen molar-refractivity contribution in [3.8, 4) is 0 Å². The smallest absolute Gasteiger partial charge is 0.307 e.